The summed E-state index contributed by atoms with van der Waals surface area (Å²) in [6, 6.07) is 0. The summed E-state index contributed by atoms with van der Waals surface area (Å²) in [6.07, 6.45) is 6.04. The van der Waals surface area contributed by atoms with Gasteiger partial charge in [0, 0.05) is 24.3 Å². The molecule has 0 fully saturated rings. The predicted octanol–water partition coefficient (Wildman–Crippen LogP) is -0.186. The zero-order valence-corrected chi connectivity index (χ0v) is 9.65. The molecular weight excluding hydrogens is 224 g/mol. The number of nitrogens with one attached hydrogen (secondary N) is 2. The highest BCUT2D eigenvalue weighted by atomic mass is 16.2. The van der Waals surface area contributed by atoms with Crippen molar-refractivity contribution in [1.82, 2.24) is 10.6 Å². The molecule has 2 aliphatic rings. The molecule has 0 aromatic heterocycles. The lowest BCUT2D eigenvalue weighted by Gasteiger charge is -1.80. The van der Waals surface area contributed by atoms with Crippen molar-refractivity contribution in [1.29, 1.82) is 0 Å². The van der Waals surface area contributed by atoms with Crippen molar-refractivity contribution in [3.05, 3.63) is 24.3 Å². The third kappa shape index (κ3) is 7.66. The molecule has 0 aromatic carbocycles. The molecule has 0 bridgehead atoms. The largest absolute Gasteiger partial charge is 0.289 e. The normalized spacial score (nSPS) is 15.6. The van der Waals surface area contributed by atoms with Crippen LogP contribution >= 0.6 is 0 Å². The molecule has 17 heavy (non-hydrogen) atoms. The van der Waals surface area contributed by atoms with Gasteiger partial charge in [0.05, 0.1) is 0 Å². The molecule has 92 valence electrons. The van der Waals surface area contributed by atoms with Crippen LogP contribution in [0.3, 0.4) is 0 Å². The second-order valence-corrected chi connectivity index (χ2v) is 3.08. The molecule has 0 aromatic rings. The number of rotatable bonds is 0. The zero-order valence-electron chi connectivity index (χ0n) is 9.65. The third-order valence-corrected chi connectivity index (χ3v) is 1.26. The third-order valence-electron chi connectivity index (χ3n) is 1.26. The Morgan fingerprint density at radius 3 is 0.941 bits per heavy atom. The Hall–Kier alpha value is -2.24. The number of amides is 4. The Labute approximate surface area is 98.8 Å². The first kappa shape index (κ1) is 14.8. The maximum atomic E-state index is 10.0. The van der Waals surface area contributed by atoms with Crippen LogP contribution in [0.5, 0.6) is 0 Å². The molecule has 0 unspecified atom stereocenters. The predicted molar refractivity (Wildman–Crippen MR) is 60.5 cm³/mol. The van der Waals surface area contributed by atoms with Gasteiger partial charge in [-0.15, -0.1) is 0 Å². The molecule has 0 spiro atoms. The minimum atomic E-state index is -0.329. The average molecular weight is 238 g/mol. The molecule has 0 atom stereocenters. The van der Waals surface area contributed by atoms with Crippen molar-refractivity contribution in [3.63, 3.8) is 0 Å². The van der Waals surface area contributed by atoms with Gasteiger partial charge in [-0.25, -0.2) is 0 Å². The van der Waals surface area contributed by atoms with Crippen LogP contribution < -0.4 is 10.6 Å². The Kier molecular flexibility index (Phi) is 6.92. The standard InChI is InChI=1S/2C4H3NO2.C3H8/c2*6-3-1-2-4(7)5-3;1-3-2/h2*1-2H,(H,5,6,7);3H2,1-2H3. The minimum Gasteiger partial charge on any atom is -0.289 e. The van der Waals surface area contributed by atoms with Crippen LogP contribution in [-0.2, 0) is 19.2 Å². The summed E-state index contributed by atoms with van der Waals surface area (Å²) in [7, 11) is 0. The Morgan fingerprint density at radius 2 is 0.882 bits per heavy atom. The molecule has 0 saturated carbocycles. The summed E-state index contributed by atoms with van der Waals surface area (Å²) in [5.74, 6) is -1.31. The molecule has 2 heterocycles. The molecule has 0 aliphatic carbocycles. The van der Waals surface area contributed by atoms with Gasteiger partial charge < -0.3 is 0 Å². The van der Waals surface area contributed by atoms with Gasteiger partial charge in [-0.05, 0) is 0 Å². The smallest absolute Gasteiger partial charge is 0.250 e. The zero-order chi connectivity index (χ0) is 13.3. The molecule has 6 heteroatoms. The van der Waals surface area contributed by atoms with Gasteiger partial charge in [-0.1, -0.05) is 20.3 Å². The highest BCUT2D eigenvalue weighted by molar-refractivity contribution is 6.13. The average Bonchev–Trinajstić information content (AvgIpc) is 2.78. The monoisotopic (exact) mass is 238 g/mol. The van der Waals surface area contributed by atoms with Gasteiger partial charge in [0.1, 0.15) is 0 Å². The minimum absolute atomic E-state index is 0.329. The van der Waals surface area contributed by atoms with Crippen LogP contribution in [-0.4, -0.2) is 23.6 Å². The summed E-state index contributed by atoms with van der Waals surface area (Å²) < 4.78 is 0. The van der Waals surface area contributed by atoms with Gasteiger partial charge in [0.15, 0.2) is 0 Å². The fourth-order valence-corrected chi connectivity index (χ4v) is 0.712. The van der Waals surface area contributed by atoms with Gasteiger partial charge in [-0.2, -0.15) is 0 Å². The van der Waals surface area contributed by atoms with E-state index in [1.807, 2.05) is 10.6 Å². The first-order valence-electron chi connectivity index (χ1n) is 5.05. The van der Waals surface area contributed by atoms with Crippen molar-refractivity contribution in [2.24, 2.45) is 0 Å². The quantitative estimate of drug-likeness (QED) is 0.572. The van der Waals surface area contributed by atoms with Crippen molar-refractivity contribution in [2.75, 3.05) is 0 Å². The second kappa shape index (κ2) is 7.98. The molecule has 0 radical (unpaired) electrons. The number of carbonyl (C=O) groups excluding carboxylic acids is 4. The first-order chi connectivity index (χ1) is 7.99. The van der Waals surface area contributed by atoms with Crippen molar-refractivity contribution in [2.45, 2.75) is 20.3 Å². The van der Waals surface area contributed by atoms with Crippen molar-refractivity contribution >= 4 is 23.6 Å². The molecule has 2 aliphatic heterocycles. The lowest BCUT2D eigenvalue weighted by Crippen LogP contribution is -2.19. The molecule has 4 amide bonds. The van der Waals surface area contributed by atoms with E-state index in [1.165, 1.54) is 30.7 Å². The van der Waals surface area contributed by atoms with Crippen LogP contribution in [0.25, 0.3) is 0 Å². The lowest BCUT2D eigenvalue weighted by atomic mass is 10.6. The molecule has 6 nitrogen and oxygen atoms in total. The number of hydrogen-bond acceptors (Lipinski definition) is 4. The summed E-state index contributed by atoms with van der Waals surface area (Å²) in [4.78, 5) is 40.1. The number of hydrogen-bond donors (Lipinski definition) is 2. The van der Waals surface area contributed by atoms with E-state index in [9.17, 15) is 19.2 Å². The van der Waals surface area contributed by atoms with Crippen LogP contribution in [0.1, 0.15) is 20.3 Å². The fourth-order valence-electron chi connectivity index (χ4n) is 0.712. The highest BCUT2D eigenvalue weighted by Crippen LogP contribution is 1.83. The lowest BCUT2D eigenvalue weighted by molar-refractivity contribution is -0.125. The highest BCUT2D eigenvalue weighted by Gasteiger charge is 2.07. The van der Waals surface area contributed by atoms with Gasteiger partial charge in [0.2, 0.25) is 0 Å². The maximum absolute atomic E-state index is 10.0. The molecular formula is C11H14N2O4. The van der Waals surface area contributed by atoms with E-state index >= 15 is 0 Å². The maximum Gasteiger partial charge on any atom is 0.250 e. The van der Waals surface area contributed by atoms with E-state index in [4.69, 9.17) is 0 Å². The second-order valence-electron chi connectivity index (χ2n) is 3.08. The van der Waals surface area contributed by atoms with Crippen LogP contribution in [0.2, 0.25) is 0 Å². The van der Waals surface area contributed by atoms with Crippen LogP contribution in [0.4, 0.5) is 0 Å². The molecule has 2 rings (SSSR count). The first-order valence-corrected chi connectivity index (χ1v) is 5.05. The van der Waals surface area contributed by atoms with E-state index in [-0.39, 0.29) is 23.6 Å². The van der Waals surface area contributed by atoms with Gasteiger partial charge in [-0.3, -0.25) is 29.8 Å². The van der Waals surface area contributed by atoms with E-state index in [2.05, 4.69) is 13.8 Å². The fraction of sp³-hybridized carbons (Fsp3) is 0.273. The Bertz CT molecular complexity index is 315. The van der Waals surface area contributed by atoms with E-state index in [1.54, 1.807) is 0 Å². The SMILES string of the molecule is CCC.O=C1C=CC(=O)N1.O=C1C=CC(=O)N1. The van der Waals surface area contributed by atoms with Crippen LogP contribution in [0.15, 0.2) is 24.3 Å². The van der Waals surface area contributed by atoms with Gasteiger partial charge >= 0.3 is 0 Å². The van der Waals surface area contributed by atoms with Crippen LogP contribution in [0, 0.1) is 0 Å². The summed E-state index contributed by atoms with van der Waals surface area (Å²) in [5, 5.41) is 4.06. The summed E-state index contributed by atoms with van der Waals surface area (Å²) >= 11 is 0. The number of imide groups is 2. The van der Waals surface area contributed by atoms with Crippen molar-refractivity contribution < 1.29 is 19.2 Å². The van der Waals surface area contributed by atoms with E-state index in [0.29, 0.717) is 0 Å². The summed E-state index contributed by atoms with van der Waals surface area (Å²) in [6.45, 7) is 4.25. The van der Waals surface area contributed by atoms with E-state index in [0.717, 1.165) is 0 Å². The Morgan fingerprint density at radius 1 is 0.706 bits per heavy atom. The molecule has 2 N–H and O–H groups in total. The van der Waals surface area contributed by atoms with Gasteiger partial charge in [0.25, 0.3) is 23.6 Å². The van der Waals surface area contributed by atoms with Crippen molar-refractivity contribution in [3.8, 4) is 0 Å². The van der Waals surface area contributed by atoms with E-state index < -0.39 is 0 Å². The summed E-state index contributed by atoms with van der Waals surface area (Å²) in [5.41, 5.74) is 0. The Balaban J connectivity index is 0.000000247. The topological polar surface area (TPSA) is 92.3 Å². The number of carbonyl (C=O) groups is 4. The molecule has 0 saturated heterocycles.